The van der Waals surface area contributed by atoms with E-state index in [0.29, 0.717) is 13.0 Å². The second-order valence-corrected chi connectivity index (χ2v) is 4.02. The lowest BCUT2D eigenvalue weighted by Crippen LogP contribution is -2.13. The highest BCUT2D eigenvalue weighted by Crippen LogP contribution is 2.03. The molecule has 0 aromatic heterocycles. The minimum atomic E-state index is -0.470. The standard InChI is InChI=1S/C14H24O5/c1-3-5-6-7-8-14(16)19-12-10-17-9-11-18-13(15)4-2/h4H,2-3,5-12H2,1H3. The average Bonchev–Trinajstić information content (AvgIpc) is 2.42. The Morgan fingerprint density at radius 3 is 2.32 bits per heavy atom. The van der Waals surface area contributed by atoms with Crippen LogP contribution >= 0.6 is 0 Å². The molecule has 0 aliphatic carbocycles. The van der Waals surface area contributed by atoms with Gasteiger partial charge in [-0.15, -0.1) is 0 Å². The first-order valence-electron chi connectivity index (χ1n) is 6.73. The van der Waals surface area contributed by atoms with Gasteiger partial charge in [0.05, 0.1) is 13.2 Å². The van der Waals surface area contributed by atoms with Gasteiger partial charge in [0.15, 0.2) is 0 Å². The van der Waals surface area contributed by atoms with E-state index in [9.17, 15) is 9.59 Å². The molecule has 0 radical (unpaired) electrons. The third kappa shape index (κ3) is 12.9. The van der Waals surface area contributed by atoms with Crippen LogP contribution in [0.3, 0.4) is 0 Å². The van der Waals surface area contributed by atoms with Crippen LogP contribution in [0.1, 0.15) is 39.0 Å². The Kier molecular flexibility index (Phi) is 12.1. The fourth-order valence-electron chi connectivity index (χ4n) is 1.34. The first-order chi connectivity index (χ1) is 9.20. The molecule has 0 aliphatic heterocycles. The first kappa shape index (κ1) is 17.6. The molecule has 0 saturated carbocycles. The van der Waals surface area contributed by atoms with Crippen LogP contribution in [0.4, 0.5) is 0 Å². The van der Waals surface area contributed by atoms with E-state index in [1.165, 1.54) is 0 Å². The molecule has 0 fully saturated rings. The molecule has 110 valence electrons. The lowest BCUT2D eigenvalue weighted by molar-refractivity contribution is -0.145. The summed E-state index contributed by atoms with van der Waals surface area (Å²) in [5, 5.41) is 0. The molecule has 5 nitrogen and oxygen atoms in total. The minimum Gasteiger partial charge on any atom is -0.463 e. The summed E-state index contributed by atoms with van der Waals surface area (Å²) in [6.45, 7) is 6.41. The van der Waals surface area contributed by atoms with E-state index < -0.39 is 5.97 Å². The number of hydrogen-bond donors (Lipinski definition) is 0. The summed E-state index contributed by atoms with van der Waals surface area (Å²) in [7, 11) is 0. The van der Waals surface area contributed by atoms with Crippen molar-refractivity contribution in [3.63, 3.8) is 0 Å². The molecule has 0 saturated heterocycles. The zero-order chi connectivity index (χ0) is 14.3. The Morgan fingerprint density at radius 2 is 1.68 bits per heavy atom. The van der Waals surface area contributed by atoms with E-state index in [1.54, 1.807) is 0 Å². The summed E-state index contributed by atoms with van der Waals surface area (Å²) in [5.74, 6) is -0.653. The van der Waals surface area contributed by atoms with Crippen LogP contribution in [-0.2, 0) is 23.8 Å². The van der Waals surface area contributed by atoms with Crippen molar-refractivity contribution in [2.75, 3.05) is 26.4 Å². The number of carbonyl (C=O) groups is 2. The molecule has 0 bridgehead atoms. The van der Waals surface area contributed by atoms with Gasteiger partial charge in [0, 0.05) is 12.5 Å². The van der Waals surface area contributed by atoms with E-state index in [0.717, 1.165) is 31.8 Å². The van der Waals surface area contributed by atoms with Gasteiger partial charge in [-0.1, -0.05) is 32.8 Å². The third-order valence-electron chi connectivity index (χ3n) is 2.36. The van der Waals surface area contributed by atoms with Gasteiger partial charge in [0.25, 0.3) is 0 Å². The maximum Gasteiger partial charge on any atom is 0.330 e. The molecular weight excluding hydrogens is 248 g/mol. The highest BCUT2D eigenvalue weighted by Gasteiger charge is 2.02. The van der Waals surface area contributed by atoms with Gasteiger partial charge in [0.2, 0.25) is 0 Å². The van der Waals surface area contributed by atoms with Gasteiger partial charge in [-0.25, -0.2) is 4.79 Å². The molecule has 0 aliphatic rings. The summed E-state index contributed by atoms with van der Waals surface area (Å²) in [6, 6.07) is 0. The van der Waals surface area contributed by atoms with Crippen molar-refractivity contribution in [2.24, 2.45) is 0 Å². The van der Waals surface area contributed by atoms with Gasteiger partial charge in [-0.05, 0) is 6.42 Å². The van der Waals surface area contributed by atoms with Crippen LogP contribution in [0.25, 0.3) is 0 Å². The average molecular weight is 272 g/mol. The second-order valence-electron chi connectivity index (χ2n) is 4.02. The Bertz CT molecular complexity index is 263. The van der Waals surface area contributed by atoms with E-state index in [1.807, 2.05) is 0 Å². The number of rotatable bonds is 12. The van der Waals surface area contributed by atoms with E-state index >= 15 is 0 Å². The van der Waals surface area contributed by atoms with Crippen LogP contribution < -0.4 is 0 Å². The minimum absolute atomic E-state index is 0.176. The van der Waals surface area contributed by atoms with Crippen LogP contribution in [0.5, 0.6) is 0 Å². The summed E-state index contributed by atoms with van der Waals surface area (Å²) in [6.07, 6.45) is 5.82. The van der Waals surface area contributed by atoms with Crippen LogP contribution in [0.2, 0.25) is 0 Å². The number of unbranched alkanes of at least 4 members (excludes halogenated alkanes) is 3. The van der Waals surface area contributed by atoms with Crippen molar-refractivity contribution in [3.8, 4) is 0 Å². The molecule has 0 N–H and O–H groups in total. The molecule has 0 aromatic rings. The van der Waals surface area contributed by atoms with E-state index in [4.69, 9.17) is 14.2 Å². The first-order valence-corrected chi connectivity index (χ1v) is 6.73. The zero-order valence-corrected chi connectivity index (χ0v) is 11.7. The molecule has 0 aromatic carbocycles. The smallest absolute Gasteiger partial charge is 0.330 e. The molecule has 19 heavy (non-hydrogen) atoms. The van der Waals surface area contributed by atoms with Crippen molar-refractivity contribution in [1.29, 1.82) is 0 Å². The molecule has 0 heterocycles. The fraction of sp³-hybridized carbons (Fsp3) is 0.714. The molecule has 0 unspecified atom stereocenters. The summed E-state index contributed by atoms with van der Waals surface area (Å²) in [4.78, 5) is 21.9. The quantitative estimate of drug-likeness (QED) is 0.310. The largest absolute Gasteiger partial charge is 0.463 e. The number of hydrogen-bond acceptors (Lipinski definition) is 5. The van der Waals surface area contributed by atoms with Crippen molar-refractivity contribution in [2.45, 2.75) is 39.0 Å². The predicted octanol–water partition coefficient (Wildman–Crippen LogP) is 2.25. The van der Waals surface area contributed by atoms with Gasteiger partial charge in [-0.2, -0.15) is 0 Å². The molecule has 5 heteroatoms. The molecule has 0 amide bonds. The fourth-order valence-corrected chi connectivity index (χ4v) is 1.34. The Morgan fingerprint density at radius 1 is 1.00 bits per heavy atom. The van der Waals surface area contributed by atoms with Crippen LogP contribution in [-0.4, -0.2) is 38.4 Å². The van der Waals surface area contributed by atoms with Crippen LogP contribution in [0.15, 0.2) is 12.7 Å². The molecule has 0 atom stereocenters. The topological polar surface area (TPSA) is 61.8 Å². The maximum absolute atomic E-state index is 11.3. The normalized spacial score (nSPS) is 9.95. The SMILES string of the molecule is C=CC(=O)OCCOCCOC(=O)CCCCCC. The van der Waals surface area contributed by atoms with Crippen molar-refractivity contribution in [1.82, 2.24) is 0 Å². The molecule has 0 spiro atoms. The highest BCUT2D eigenvalue weighted by molar-refractivity contribution is 5.81. The van der Waals surface area contributed by atoms with E-state index in [2.05, 4.69) is 13.5 Å². The number of ether oxygens (including phenoxy) is 3. The van der Waals surface area contributed by atoms with Crippen molar-refractivity contribution >= 4 is 11.9 Å². The van der Waals surface area contributed by atoms with Gasteiger partial charge < -0.3 is 14.2 Å². The summed E-state index contributed by atoms with van der Waals surface area (Å²) in [5.41, 5.74) is 0. The highest BCUT2D eigenvalue weighted by atomic mass is 16.6. The lowest BCUT2D eigenvalue weighted by Gasteiger charge is -2.06. The maximum atomic E-state index is 11.3. The second kappa shape index (κ2) is 13.1. The van der Waals surface area contributed by atoms with Crippen molar-refractivity contribution in [3.05, 3.63) is 12.7 Å². The van der Waals surface area contributed by atoms with Gasteiger partial charge >= 0.3 is 11.9 Å². The third-order valence-corrected chi connectivity index (χ3v) is 2.36. The van der Waals surface area contributed by atoms with Crippen molar-refractivity contribution < 1.29 is 23.8 Å². The predicted molar refractivity (Wildman–Crippen MR) is 71.7 cm³/mol. The van der Waals surface area contributed by atoms with E-state index in [-0.39, 0.29) is 25.8 Å². The molecule has 0 rings (SSSR count). The summed E-state index contributed by atoms with van der Waals surface area (Å²) < 4.78 is 14.8. The zero-order valence-electron chi connectivity index (χ0n) is 11.7. The monoisotopic (exact) mass is 272 g/mol. The Labute approximate surface area is 114 Å². The van der Waals surface area contributed by atoms with Gasteiger partial charge in [0.1, 0.15) is 13.2 Å². The lowest BCUT2D eigenvalue weighted by atomic mass is 10.2. The van der Waals surface area contributed by atoms with Crippen LogP contribution in [0, 0.1) is 0 Å². The summed E-state index contributed by atoms with van der Waals surface area (Å²) >= 11 is 0. The Balaban J connectivity index is 3.22. The Hall–Kier alpha value is -1.36. The number of carbonyl (C=O) groups excluding carboxylic acids is 2. The molecular formula is C14H24O5. The number of esters is 2. The van der Waals surface area contributed by atoms with Gasteiger partial charge in [-0.3, -0.25) is 4.79 Å².